The molecule has 0 spiro atoms. The largest absolute Gasteiger partial charge is 0.416 e. The molecule has 0 atom stereocenters. The molecule has 0 unspecified atom stereocenters. The average Bonchev–Trinajstić information content (AvgIpc) is 2.53. The number of amides is 1. The van der Waals surface area contributed by atoms with Gasteiger partial charge in [-0.1, -0.05) is 26.0 Å². The van der Waals surface area contributed by atoms with E-state index in [0.717, 1.165) is 17.7 Å². The number of benzene rings is 1. The lowest BCUT2D eigenvalue weighted by Crippen LogP contribution is -2.41. The maximum atomic E-state index is 12.7. The van der Waals surface area contributed by atoms with E-state index >= 15 is 0 Å². The predicted molar refractivity (Wildman–Crippen MR) is 112 cm³/mol. The summed E-state index contributed by atoms with van der Waals surface area (Å²) in [7, 11) is 5.10. The molecule has 0 heterocycles. The van der Waals surface area contributed by atoms with Crippen molar-refractivity contribution >= 4 is 35.8 Å². The molecule has 0 saturated carbocycles. The number of hydrogen-bond donors (Lipinski definition) is 1. The third kappa shape index (κ3) is 9.30. The van der Waals surface area contributed by atoms with Crippen molar-refractivity contribution in [3.8, 4) is 0 Å². The van der Waals surface area contributed by atoms with E-state index in [1.807, 2.05) is 13.8 Å². The zero-order chi connectivity index (χ0) is 19.9. The molecule has 1 amide bonds. The van der Waals surface area contributed by atoms with Crippen LogP contribution in [-0.2, 0) is 17.5 Å². The van der Waals surface area contributed by atoms with Gasteiger partial charge in [-0.25, -0.2) is 4.99 Å². The molecule has 1 aromatic carbocycles. The normalized spacial score (nSPS) is 11.8. The summed E-state index contributed by atoms with van der Waals surface area (Å²) in [6.07, 6.45) is -4.34. The zero-order valence-corrected chi connectivity index (χ0v) is 18.6. The van der Waals surface area contributed by atoms with E-state index in [2.05, 4.69) is 10.3 Å². The van der Waals surface area contributed by atoms with Gasteiger partial charge in [-0.2, -0.15) is 13.2 Å². The van der Waals surface area contributed by atoms with Crippen molar-refractivity contribution in [2.24, 2.45) is 10.9 Å². The van der Waals surface area contributed by atoms with Gasteiger partial charge in [0.15, 0.2) is 5.96 Å². The second-order valence-corrected chi connectivity index (χ2v) is 6.75. The lowest BCUT2D eigenvalue weighted by atomic mass is 10.1. The zero-order valence-electron chi connectivity index (χ0n) is 16.3. The molecule has 154 valence electrons. The molecule has 0 aliphatic carbocycles. The minimum atomic E-state index is -4.34. The van der Waals surface area contributed by atoms with Crippen LogP contribution in [0.4, 0.5) is 13.2 Å². The molecule has 27 heavy (non-hydrogen) atoms. The third-order valence-corrected chi connectivity index (χ3v) is 3.59. The summed E-state index contributed by atoms with van der Waals surface area (Å²) < 4.78 is 38.0. The Morgan fingerprint density at radius 3 is 2.15 bits per heavy atom. The summed E-state index contributed by atoms with van der Waals surface area (Å²) in [4.78, 5) is 19.3. The predicted octanol–water partition coefficient (Wildman–Crippen LogP) is 3.45. The number of carbonyl (C=O) groups is 1. The first kappa shape index (κ1) is 25.5. The van der Waals surface area contributed by atoms with Crippen LogP contribution in [0.25, 0.3) is 0 Å². The number of alkyl halides is 3. The molecule has 0 bridgehead atoms. The molecule has 0 saturated heterocycles. The first-order chi connectivity index (χ1) is 12.0. The number of rotatable bonds is 6. The molecule has 0 aliphatic rings. The molecule has 1 rings (SSSR count). The lowest BCUT2D eigenvalue weighted by Gasteiger charge is -2.24. The van der Waals surface area contributed by atoms with Crippen molar-refractivity contribution in [2.75, 3.05) is 34.2 Å². The number of halogens is 4. The standard InChI is InChI=1S/C18H27F3N4O.HI/c1-13(2)10-22-17(23-11-16(26)24(3)4)25(5)12-14-6-8-15(9-7-14)18(19,20)21;/h6-9,13H,10-12H2,1-5H3,(H,22,23);1H. The smallest absolute Gasteiger partial charge is 0.356 e. The third-order valence-electron chi connectivity index (χ3n) is 3.59. The van der Waals surface area contributed by atoms with E-state index in [9.17, 15) is 18.0 Å². The van der Waals surface area contributed by atoms with Crippen molar-refractivity contribution < 1.29 is 18.0 Å². The first-order valence-electron chi connectivity index (χ1n) is 8.36. The van der Waals surface area contributed by atoms with Crippen LogP contribution < -0.4 is 5.32 Å². The van der Waals surface area contributed by atoms with Gasteiger partial charge >= 0.3 is 6.18 Å². The molecule has 5 nitrogen and oxygen atoms in total. The van der Waals surface area contributed by atoms with Crippen molar-refractivity contribution in [1.82, 2.24) is 15.1 Å². The van der Waals surface area contributed by atoms with E-state index in [1.54, 1.807) is 26.0 Å². The first-order valence-corrected chi connectivity index (χ1v) is 8.36. The highest BCUT2D eigenvalue weighted by Crippen LogP contribution is 2.29. The van der Waals surface area contributed by atoms with Crippen LogP contribution in [0.2, 0.25) is 0 Å². The highest BCUT2D eigenvalue weighted by atomic mass is 127. The van der Waals surface area contributed by atoms with Gasteiger partial charge in [0.2, 0.25) is 5.91 Å². The molecular weight excluding hydrogens is 472 g/mol. The van der Waals surface area contributed by atoms with E-state index < -0.39 is 11.7 Å². The van der Waals surface area contributed by atoms with E-state index in [1.165, 1.54) is 17.0 Å². The number of aliphatic imine (C=N–C) groups is 1. The van der Waals surface area contributed by atoms with E-state index in [4.69, 9.17) is 0 Å². The Labute approximate surface area is 176 Å². The Balaban J connectivity index is 0.00000676. The van der Waals surface area contributed by atoms with Gasteiger partial charge < -0.3 is 15.1 Å². The molecule has 9 heteroatoms. The van der Waals surface area contributed by atoms with Gasteiger partial charge in [-0.15, -0.1) is 24.0 Å². The molecule has 0 fully saturated rings. The molecule has 1 aromatic rings. The number of likely N-dealkylation sites (N-methyl/N-ethyl adjacent to an activating group) is 1. The van der Waals surface area contributed by atoms with E-state index in [-0.39, 0.29) is 36.4 Å². The van der Waals surface area contributed by atoms with Gasteiger partial charge in [0.05, 0.1) is 5.56 Å². The summed E-state index contributed by atoms with van der Waals surface area (Å²) in [5.41, 5.74) is 0.0470. The maximum absolute atomic E-state index is 12.7. The van der Waals surface area contributed by atoms with Crippen molar-refractivity contribution in [2.45, 2.75) is 26.6 Å². The highest BCUT2D eigenvalue weighted by molar-refractivity contribution is 14.0. The van der Waals surface area contributed by atoms with Crippen LogP contribution >= 0.6 is 24.0 Å². The Morgan fingerprint density at radius 2 is 1.70 bits per heavy atom. The Bertz CT molecular complexity index is 616. The maximum Gasteiger partial charge on any atom is 0.416 e. The fourth-order valence-electron chi connectivity index (χ4n) is 2.04. The Hall–Kier alpha value is -1.52. The number of hydrogen-bond acceptors (Lipinski definition) is 2. The van der Waals surface area contributed by atoms with Crippen molar-refractivity contribution in [1.29, 1.82) is 0 Å². The summed E-state index contributed by atoms with van der Waals surface area (Å²) in [5.74, 6) is 0.787. The summed E-state index contributed by atoms with van der Waals surface area (Å²) in [6, 6.07) is 5.03. The van der Waals surface area contributed by atoms with E-state index in [0.29, 0.717) is 25.0 Å². The lowest BCUT2D eigenvalue weighted by molar-refractivity contribution is -0.137. The van der Waals surface area contributed by atoms with Gasteiger partial charge in [0.1, 0.15) is 6.54 Å². The number of nitrogens with zero attached hydrogens (tertiary/aromatic N) is 3. The fraction of sp³-hybridized carbons (Fsp3) is 0.556. The summed E-state index contributed by atoms with van der Waals surface area (Å²) >= 11 is 0. The molecule has 0 aromatic heterocycles. The fourth-order valence-corrected chi connectivity index (χ4v) is 2.04. The monoisotopic (exact) mass is 500 g/mol. The Kier molecular flexibility index (Phi) is 10.7. The van der Waals surface area contributed by atoms with Gasteiger partial charge in [-0.05, 0) is 23.6 Å². The second-order valence-electron chi connectivity index (χ2n) is 6.75. The average molecular weight is 500 g/mol. The number of guanidine groups is 1. The number of nitrogens with one attached hydrogen (secondary N) is 1. The van der Waals surface area contributed by atoms with Crippen molar-refractivity contribution in [3.63, 3.8) is 0 Å². The Morgan fingerprint density at radius 1 is 1.15 bits per heavy atom. The van der Waals surface area contributed by atoms with Crippen LogP contribution in [0.3, 0.4) is 0 Å². The van der Waals surface area contributed by atoms with Crippen LogP contribution in [0.5, 0.6) is 0 Å². The van der Waals surface area contributed by atoms with Crippen molar-refractivity contribution in [3.05, 3.63) is 35.4 Å². The van der Waals surface area contributed by atoms with Gasteiger partial charge in [-0.3, -0.25) is 4.79 Å². The minimum absolute atomic E-state index is 0. The molecule has 0 radical (unpaired) electrons. The summed E-state index contributed by atoms with van der Waals surface area (Å²) in [6.45, 7) is 5.15. The second kappa shape index (κ2) is 11.4. The highest BCUT2D eigenvalue weighted by Gasteiger charge is 2.29. The topological polar surface area (TPSA) is 47.9 Å². The summed E-state index contributed by atoms with van der Waals surface area (Å²) in [5, 5.41) is 3.19. The van der Waals surface area contributed by atoms with Gasteiger partial charge in [0.25, 0.3) is 0 Å². The quantitative estimate of drug-likeness (QED) is 0.370. The van der Waals surface area contributed by atoms with Crippen LogP contribution in [-0.4, -0.2) is 55.9 Å². The van der Waals surface area contributed by atoms with Crippen LogP contribution in [0.1, 0.15) is 25.0 Å². The van der Waals surface area contributed by atoms with Crippen LogP contribution in [0, 0.1) is 5.92 Å². The molecule has 1 N–H and O–H groups in total. The van der Waals surface area contributed by atoms with Gasteiger partial charge in [0, 0.05) is 34.2 Å². The molecular formula is C18H28F3IN4O. The SMILES string of the molecule is CC(C)CNC(=NCC(=O)N(C)C)N(C)Cc1ccc(C(F)(F)F)cc1.I. The van der Waals surface area contributed by atoms with Crippen LogP contribution in [0.15, 0.2) is 29.3 Å². The minimum Gasteiger partial charge on any atom is -0.356 e. The number of carbonyl (C=O) groups excluding carboxylic acids is 1. The molecule has 0 aliphatic heterocycles.